The Hall–Kier alpha value is -1.99. The van der Waals surface area contributed by atoms with Gasteiger partial charge >= 0.3 is 10.1 Å². The summed E-state index contributed by atoms with van der Waals surface area (Å²) in [6.45, 7) is 0. The van der Waals surface area contributed by atoms with Crippen LogP contribution in [0.4, 0.5) is 5.69 Å². The molecule has 2 aromatic rings. The fraction of sp³-hybridized carbons (Fsp3) is 0. The maximum Gasteiger partial charge on any atom is 0.302 e. The average Bonchev–Trinajstić information content (AvgIpc) is 2.24. The highest BCUT2D eigenvalue weighted by Gasteiger charge is 2.25. The standard InChI is InChI=1S/C10H9NO5S/c11-7-5-3-1-2-4-6(5)8(12)10(9(7)13)17(14,15)16/h1-4,12-13H,11H2,(H,14,15,16). The second kappa shape index (κ2) is 3.51. The van der Waals surface area contributed by atoms with Gasteiger partial charge in [0.05, 0.1) is 5.69 Å². The number of hydrogen-bond donors (Lipinski definition) is 4. The van der Waals surface area contributed by atoms with Crippen molar-refractivity contribution < 1.29 is 23.2 Å². The molecule has 6 nitrogen and oxygen atoms in total. The van der Waals surface area contributed by atoms with Gasteiger partial charge in [0.25, 0.3) is 0 Å². The summed E-state index contributed by atoms with van der Waals surface area (Å²) in [5.41, 5.74) is 5.33. The van der Waals surface area contributed by atoms with Crippen LogP contribution in [0.15, 0.2) is 29.2 Å². The van der Waals surface area contributed by atoms with Crippen LogP contribution in [-0.2, 0) is 10.1 Å². The second-order valence-corrected chi connectivity index (χ2v) is 4.82. The van der Waals surface area contributed by atoms with Crippen LogP contribution >= 0.6 is 0 Å². The van der Waals surface area contributed by atoms with E-state index >= 15 is 0 Å². The molecule has 2 aromatic carbocycles. The molecule has 0 radical (unpaired) electrons. The van der Waals surface area contributed by atoms with Crippen molar-refractivity contribution in [3.05, 3.63) is 24.3 Å². The molecular formula is C10H9NO5S. The molecule has 0 saturated carbocycles. The van der Waals surface area contributed by atoms with Crippen LogP contribution in [0.1, 0.15) is 0 Å². The summed E-state index contributed by atoms with van der Waals surface area (Å²) in [4.78, 5) is -0.978. The third kappa shape index (κ3) is 1.65. The number of nitrogen functional groups attached to an aromatic ring is 1. The van der Waals surface area contributed by atoms with Crippen molar-refractivity contribution in [3.8, 4) is 11.5 Å². The third-order valence-corrected chi connectivity index (χ3v) is 3.32. The van der Waals surface area contributed by atoms with Crippen LogP contribution in [0.2, 0.25) is 0 Å². The first-order valence-corrected chi connectivity index (χ1v) is 5.97. The Morgan fingerprint density at radius 3 is 2.06 bits per heavy atom. The first-order valence-electron chi connectivity index (χ1n) is 4.53. The smallest absolute Gasteiger partial charge is 0.302 e. The molecule has 0 aromatic heterocycles. The van der Waals surface area contributed by atoms with Crippen molar-refractivity contribution in [2.24, 2.45) is 0 Å². The molecule has 0 amide bonds. The molecular weight excluding hydrogens is 246 g/mol. The number of rotatable bonds is 1. The van der Waals surface area contributed by atoms with E-state index in [9.17, 15) is 18.6 Å². The topological polar surface area (TPSA) is 121 Å². The van der Waals surface area contributed by atoms with Gasteiger partial charge in [-0.1, -0.05) is 24.3 Å². The van der Waals surface area contributed by atoms with Gasteiger partial charge in [0.2, 0.25) is 0 Å². The molecule has 5 N–H and O–H groups in total. The van der Waals surface area contributed by atoms with Gasteiger partial charge in [-0.15, -0.1) is 0 Å². The van der Waals surface area contributed by atoms with Crippen LogP contribution in [0.3, 0.4) is 0 Å². The van der Waals surface area contributed by atoms with E-state index in [4.69, 9.17) is 10.3 Å². The fourth-order valence-corrected chi connectivity index (χ4v) is 2.36. The van der Waals surface area contributed by atoms with Crippen LogP contribution in [-0.4, -0.2) is 23.2 Å². The fourth-order valence-electron chi connectivity index (χ4n) is 1.65. The summed E-state index contributed by atoms with van der Waals surface area (Å²) in [5, 5.41) is 19.8. The summed E-state index contributed by atoms with van der Waals surface area (Å²) >= 11 is 0. The Kier molecular flexibility index (Phi) is 2.37. The number of benzene rings is 2. The molecule has 0 aliphatic rings. The molecule has 0 spiro atoms. The summed E-state index contributed by atoms with van der Waals surface area (Å²) < 4.78 is 31.0. The molecule has 0 saturated heterocycles. The maximum absolute atomic E-state index is 11.1. The van der Waals surface area contributed by atoms with E-state index in [1.165, 1.54) is 12.1 Å². The highest BCUT2D eigenvalue weighted by atomic mass is 32.2. The number of hydrogen-bond acceptors (Lipinski definition) is 5. The highest BCUT2D eigenvalue weighted by molar-refractivity contribution is 7.86. The minimum absolute atomic E-state index is 0.135. The lowest BCUT2D eigenvalue weighted by atomic mass is 10.1. The highest BCUT2D eigenvalue weighted by Crippen LogP contribution is 2.43. The van der Waals surface area contributed by atoms with Crippen molar-refractivity contribution >= 4 is 26.6 Å². The van der Waals surface area contributed by atoms with E-state index in [1.54, 1.807) is 12.1 Å². The van der Waals surface area contributed by atoms with E-state index in [-0.39, 0.29) is 11.1 Å². The van der Waals surface area contributed by atoms with Crippen LogP contribution in [0, 0.1) is 0 Å². The molecule has 0 heterocycles. The van der Waals surface area contributed by atoms with Crippen molar-refractivity contribution in [2.45, 2.75) is 4.90 Å². The number of phenols is 2. The summed E-state index contributed by atoms with van der Waals surface area (Å²) in [5.74, 6) is -1.58. The van der Waals surface area contributed by atoms with Gasteiger partial charge in [-0.25, -0.2) is 0 Å². The Labute approximate surface area is 96.7 Å². The van der Waals surface area contributed by atoms with E-state index in [1.807, 2.05) is 0 Å². The summed E-state index contributed by atoms with van der Waals surface area (Å²) in [6, 6.07) is 6.12. The van der Waals surface area contributed by atoms with E-state index in [0.717, 1.165) is 0 Å². The normalized spacial score (nSPS) is 11.8. The van der Waals surface area contributed by atoms with Crippen molar-refractivity contribution in [2.75, 3.05) is 5.73 Å². The van der Waals surface area contributed by atoms with Crippen LogP contribution in [0.25, 0.3) is 10.8 Å². The van der Waals surface area contributed by atoms with Gasteiger partial charge in [-0.05, 0) is 0 Å². The summed E-state index contributed by atoms with van der Waals surface area (Å²) in [6.07, 6.45) is 0. The van der Waals surface area contributed by atoms with Crippen molar-refractivity contribution in [1.82, 2.24) is 0 Å². The quantitative estimate of drug-likeness (QED) is 0.262. The maximum atomic E-state index is 11.1. The Bertz CT molecular complexity index is 708. The average molecular weight is 255 g/mol. The number of nitrogens with two attached hydrogens (primary N) is 1. The number of phenolic OH excluding ortho intramolecular Hbond substituents is 2. The molecule has 0 unspecified atom stereocenters. The zero-order valence-electron chi connectivity index (χ0n) is 8.45. The molecule has 0 bridgehead atoms. The van der Waals surface area contributed by atoms with E-state index in [0.29, 0.717) is 5.39 Å². The van der Waals surface area contributed by atoms with Crippen molar-refractivity contribution in [1.29, 1.82) is 0 Å². The molecule has 0 atom stereocenters. The molecule has 7 heteroatoms. The predicted octanol–water partition coefficient (Wildman–Crippen LogP) is 1.08. The summed E-state index contributed by atoms with van der Waals surface area (Å²) in [7, 11) is -4.76. The number of fused-ring (bicyclic) bond motifs is 1. The van der Waals surface area contributed by atoms with Gasteiger partial charge in [0.15, 0.2) is 10.6 Å². The third-order valence-electron chi connectivity index (χ3n) is 2.42. The zero-order chi connectivity index (χ0) is 12.8. The lowest BCUT2D eigenvalue weighted by Crippen LogP contribution is -2.02. The van der Waals surface area contributed by atoms with Gasteiger partial charge in [0.1, 0.15) is 5.75 Å². The second-order valence-electron chi connectivity index (χ2n) is 3.46. The van der Waals surface area contributed by atoms with Crippen LogP contribution in [0.5, 0.6) is 11.5 Å². The van der Waals surface area contributed by atoms with Gasteiger partial charge in [-0.2, -0.15) is 8.42 Å². The Morgan fingerprint density at radius 1 is 1.00 bits per heavy atom. The molecule has 0 aliphatic carbocycles. The number of anilines is 1. The minimum atomic E-state index is -4.76. The monoisotopic (exact) mass is 255 g/mol. The first kappa shape index (κ1) is 11.5. The SMILES string of the molecule is Nc1c(O)c(S(=O)(=O)O)c(O)c2ccccc12. The van der Waals surface area contributed by atoms with E-state index in [2.05, 4.69) is 0 Å². The zero-order valence-corrected chi connectivity index (χ0v) is 9.27. The molecule has 2 rings (SSSR count). The molecule has 90 valence electrons. The lowest BCUT2D eigenvalue weighted by molar-refractivity contribution is 0.416. The molecule has 17 heavy (non-hydrogen) atoms. The van der Waals surface area contributed by atoms with Gasteiger partial charge in [-0.3, -0.25) is 4.55 Å². The van der Waals surface area contributed by atoms with Gasteiger partial charge < -0.3 is 15.9 Å². The largest absolute Gasteiger partial charge is 0.506 e. The van der Waals surface area contributed by atoms with Crippen molar-refractivity contribution in [3.63, 3.8) is 0 Å². The lowest BCUT2D eigenvalue weighted by Gasteiger charge is -2.11. The minimum Gasteiger partial charge on any atom is -0.506 e. The molecule has 0 aliphatic heterocycles. The van der Waals surface area contributed by atoms with Crippen LogP contribution < -0.4 is 5.73 Å². The Morgan fingerprint density at radius 2 is 1.53 bits per heavy atom. The number of aromatic hydroxyl groups is 2. The predicted molar refractivity (Wildman–Crippen MR) is 61.5 cm³/mol. The Balaban J connectivity index is 3.08. The first-order chi connectivity index (χ1) is 7.84. The molecule has 0 fully saturated rings. The van der Waals surface area contributed by atoms with Gasteiger partial charge in [0, 0.05) is 10.8 Å². The van der Waals surface area contributed by atoms with E-state index < -0.39 is 26.5 Å².